The van der Waals surface area contributed by atoms with E-state index in [0.717, 1.165) is 8.95 Å². The molecular weight excluding hydrogens is 304 g/mol. The van der Waals surface area contributed by atoms with E-state index in [4.69, 9.17) is 0 Å². The molecule has 0 unspecified atom stereocenters. The summed E-state index contributed by atoms with van der Waals surface area (Å²) < 4.78 is 2.20. The molecular formula is C12H8Br2. The smallest absolute Gasteiger partial charge is 0.0264 e. The Morgan fingerprint density at radius 2 is 1.50 bits per heavy atom. The predicted molar refractivity (Wildman–Crippen MR) is 67.3 cm³/mol. The van der Waals surface area contributed by atoms with Crippen molar-refractivity contribution >= 4 is 31.9 Å². The number of benzene rings is 2. The van der Waals surface area contributed by atoms with Gasteiger partial charge >= 0.3 is 0 Å². The Balaban J connectivity index is 2.53. The van der Waals surface area contributed by atoms with E-state index in [0.29, 0.717) is 0 Å². The molecule has 0 aromatic heterocycles. The molecule has 2 rings (SSSR count). The van der Waals surface area contributed by atoms with Crippen molar-refractivity contribution in [2.45, 2.75) is 0 Å². The van der Waals surface area contributed by atoms with Crippen LogP contribution in [0, 0.1) is 0 Å². The molecule has 0 aliphatic heterocycles. The summed E-state index contributed by atoms with van der Waals surface area (Å²) in [6, 6.07) is 16.5. The van der Waals surface area contributed by atoms with Crippen molar-refractivity contribution in [1.82, 2.24) is 0 Å². The van der Waals surface area contributed by atoms with E-state index in [1.54, 1.807) is 0 Å². The van der Waals surface area contributed by atoms with Crippen molar-refractivity contribution in [3.05, 3.63) is 57.5 Å². The minimum atomic E-state index is 1.09. The number of hydrogen-bond acceptors (Lipinski definition) is 0. The van der Waals surface area contributed by atoms with Gasteiger partial charge in [0.05, 0.1) is 0 Å². The average Bonchev–Trinajstić information content (AvgIpc) is 2.19. The lowest BCUT2D eigenvalue weighted by Gasteiger charge is -2.04. The molecule has 0 amide bonds. The number of rotatable bonds is 1. The van der Waals surface area contributed by atoms with Gasteiger partial charge in [0.2, 0.25) is 0 Å². The van der Waals surface area contributed by atoms with Gasteiger partial charge in [0.15, 0.2) is 0 Å². The summed E-state index contributed by atoms with van der Waals surface area (Å²) in [6.07, 6.45) is 0. The minimum absolute atomic E-state index is 1.09. The fourth-order valence-electron chi connectivity index (χ4n) is 1.34. The SMILES string of the molecule is Brc1ccc(-c2ccccc2)c(Br)c1. The zero-order valence-electron chi connectivity index (χ0n) is 7.37. The molecule has 0 saturated heterocycles. The second-order valence-electron chi connectivity index (χ2n) is 2.99. The van der Waals surface area contributed by atoms with E-state index < -0.39 is 0 Å². The van der Waals surface area contributed by atoms with Gasteiger partial charge in [-0.15, -0.1) is 0 Å². The Labute approximate surface area is 100 Å². The van der Waals surface area contributed by atoms with E-state index in [1.165, 1.54) is 11.1 Å². The summed E-state index contributed by atoms with van der Waals surface area (Å²) in [5, 5.41) is 0. The van der Waals surface area contributed by atoms with E-state index >= 15 is 0 Å². The van der Waals surface area contributed by atoms with E-state index in [9.17, 15) is 0 Å². The normalized spacial score (nSPS) is 10.1. The van der Waals surface area contributed by atoms with Crippen LogP contribution in [0.5, 0.6) is 0 Å². The largest absolute Gasteiger partial charge is 0.0622 e. The maximum atomic E-state index is 3.55. The van der Waals surface area contributed by atoms with Crippen LogP contribution in [0.1, 0.15) is 0 Å². The third kappa shape index (κ3) is 2.07. The zero-order chi connectivity index (χ0) is 9.97. The van der Waals surface area contributed by atoms with Crippen LogP contribution in [-0.4, -0.2) is 0 Å². The van der Waals surface area contributed by atoms with Gasteiger partial charge in [-0.05, 0) is 23.3 Å². The Kier molecular flexibility index (Phi) is 3.04. The first-order chi connectivity index (χ1) is 6.77. The van der Waals surface area contributed by atoms with Crippen molar-refractivity contribution in [2.24, 2.45) is 0 Å². The minimum Gasteiger partial charge on any atom is -0.0622 e. The fourth-order valence-corrected chi connectivity index (χ4v) is 2.62. The van der Waals surface area contributed by atoms with Gasteiger partial charge in [-0.25, -0.2) is 0 Å². The van der Waals surface area contributed by atoms with E-state index in [-0.39, 0.29) is 0 Å². The standard InChI is InChI=1S/C12H8Br2/c13-10-6-7-11(12(14)8-10)9-4-2-1-3-5-9/h1-8H. The van der Waals surface area contributed by atoms with Crippen molar-refractivity contribution in [1.29, 1.82) is 0 Å². The summed E-state index contributed by atoms with van der Waals surface area (Å²) in [5.41, 5.74) is 2.45. The summed E-state index contributed by atoms with van der Waals surface area (Å²) >= 11 is 6.99. The molecule has 70 valence electrons. The van der Waals surface area contributed by atoms with Gasteiger partial charge in [-0.3, -0.25) is 0 Å². The van der Waals surface area contributed by atoms with Crippen LogP contribution < -0.4 is 0 Å². The highest BCUT2D eigenvalue weighted by Gasteiger charge is 2.01. The predicted octanol–water partition coefficient (Wildman–Crippen LogP) is 4.88. The first kappa shape index (κ1) is 9.94. The molecule has 0 spiro atoms. The van der Waals surface area contributed by atoms with Gasteiger partial charge in [0, 0.05) is 8.95 Å². The lowest BCUT2D eigenvalue weighted by molar-refractivity contribution is 1.56. The summed E-state index contributed by atoms with van der Waals surface area (Å²) in [6.45, 7) is 0. The second-order valence-corrected chi connectivity index (χ2v) is 4.76. The molecule has 0 aliphatic carbocycles. The van der Waals surface area contributed by atoms with E-state index in [1.807, 2.05) is 24.3 Å². The van der Waals surface area contributed by atoms with Gasteiger partial charge in [0.1, 0.15) is 0 Å². The van der Waals surface area contributed by atoms with Crippen LogP contribution in [0.3, 0.4) is 0 Å². The van der Waals surface area contributed by atoms with Crippen molar-refractivity contribution in [2.75, 3.05) is 0 Å². The average molecular weight is 312 g/mol. The highest BCUT2D eigenvalue weighted by Crippen LogP contribution is 2.30. The maximum Gasteiger partial charge on any atom is 0.0264 e. The lowest BCUT2D eigenvalue weighted by Crippen LogP contribution is -1.78. The Hall–Kier alpha value is -0.600. The molecule has 0 aliphatic rings. The molecule has 0 heterocycles. The van der Waals surface area contributed by atoms with Crippen LogP contribution in [-0.2, 0) is 0 Å². The third-order valence-corrected chi connectivity index (χ3v) is 3.17. The first-order valence-corrected chi connectivity index (χ1v) is 5.86. The summed E-state index contributed by atoms with van der Waals surface area (Å²) in [7, 11) is 0. The molecule has 0 fully saturated rings. The number of hydrogen-bond donors (Lipinski definition) is 0. The molecule has 0 nitrogen and oxygen atoms in total. The van der Waals surface area contributed by atoms with Crippen LogP contribution >= 0.6 is 31.9 Å². The fraction of sp³-hybridized carbons (Fsp3) is 0. The van der Waals surface area contributed by atoms with Crippen molar-refractivity contribution in [3.8, 4) is 11.1 Å². The van der Waals surface area contributed by atoms with Crippen LogP contribution in [0.2, 0.25) is 0 Å². The molecule has 0 bridgehead atoms. The highest BCUT2D eigenvalue weighted by atomic mass is 79.9. The van der Waals surface area contributed by atoms with Gasteiger partial charge in [-0.1, -0.05) is 68.3 Å². The van der Waals surface area contributed by atoms with Crippen molar-refractivity contribution < 1.29 is 0 Å². The first-order valence-electron chi connectivity index (χ1n) is 4.28. The van der Waals surface area contributed by atoms with Gasteiger partial charge < -0.3 is 0 Å². The second kappa shape index (κ2) is 4.28. The van der Waals surface area contributed by atoms with Crippen LogP contribution in [0.15, 0.2) is 57.5 Å². The Morgan fingerprint density at radius 3 is 2.14 bits per heavy atom. The van der Waals surface area contributed by atoms with Gasteiger partial charge in [-0.2, -0.15) is 0 Å². The molecule has 0 N–H and O–H groups in total. The van der Waals surface area contributed by atoms with Crippen LogP contribution in [0.25, 0.3) is 11.1 Å². The zero-order valence-corrected chi connectivity index (χ0v) is 10.5. The topological polar surface area (TPSA) is 0 Å². The maximum absolute atomic E-state index is 3.55. The molecule has 0 saturated carbocycles. The number of halogens is 2. The molecule has 0 atom stereocenters. The Morgan fingerprint density at radius 1 is 0.786 bits per heavy atom. The molecule has 0 radical (unpaired) electrons. The molecule has 14 heavy (non-hydrogen) atoms. The monoisotopic (exact) mass is 310 g/mol. The van der Waals surface area contributed by atoms with E-state index in [2.05, 4.69) is 56.1 Å². The molecule has 2 heteroatoms. The van der Waals surface area contributed by atoms with Gasteiger partial charge in [0.25, 0.3) is 0 Å². The molecule has 2 aromatic carbocycles. The molecule has 2 aromatic rings. The third-order valence-electron chi connectivity index (χ3n) is 2.02. The quantitative estimate of drug-likeness (QED) is 0.704. The Bertz CT molecular complexity index is 435. The van der Waals surface area contributed by atoms with Crippen LogP contribution in [0.4, 0.5) is 0 Å². The summed E-state index contributed by atoms with van der Waals surface area (Å²) in [5.74, 6) is 0. The lowest BCUT2D eigenvalue weighted by atomic mass is 10.1. The highest BCUT2D eigenvalue weighted by molar-refractivity contribution is 9.11. The van der Waals surface area contributed by atoms with Crippen molar-refractivity contribution in [3.63, 3.8) is 0 Å². The summed E-state index contributed by atoms with van der Waals surface area (Å²) in [4.78, 5) is 0.